The number of aromatic nitrogens is 4. The Hall–Kier alpha value is -4.20. The van der Waals surface area contributed by atoms with Crippen LogP contribution in [0.5, 0.6) is 5.75 Å². The van der Waals surface area contributed by atoms with Gasteiger partial charge in [0.15, 0.2) is 11.6 Å². The van der Waals surface area contributed by atoms with Crippen LogP contribution in [0.4, 0.5) is 17.2 Å². The summed E-state index contributed by atoms with van der Waals surface area (Å²) in [6.07, 6.45) is 1.84. The van der Waals surface area contributed by atoms with E-state index in [1.165, 1.54) is 0 Å². The van der Waals surface area contributed by atoms with Crippen molar-refractivity contribution in [3.8, 4) is 11.6 Å². The fourth-order valence-corrected chi connectivity index (χ4v) is 2.79. The second-order valence-corrected chi connectivity index (χ2v) is 6.56. The van der Waals surface area contributed by atoms with Crippen molar-refractivity contribution in [3.05, 3.63) is 84.2 Å². The molecule has 4 aromatic rings. The molecule has 4 rings (SSSR count). The van der Waals surface area contributed by atoms with Gasteiger partial charge in [-0.2, -0.15) is 5.10 Å². The minimum atomic E-state index is -0.186. The Kier molecular flexibility index (Phi) is 5.38. The number of anilines is 3. The van der Waals surface area contributed by atoms with Crippen LogP contribution in [0.15, 0.2) is 72.9 Å². The van der Waals surface area contributed by atoms with E-state index in [4.69, 9.17) is 4.74 Å². The molecule has 0 bridgehead atoms. The largest absolute Gasteiger partial charge is 0.497 e. The fraction of sp³-hybridized carbons (Fsp3) is 0.0909. The summed E-state index contributed by atoms with van der Waals surface area (Å²) in [5.74, 6) is 1.77. The molecule has 2 heterocycles. The second kappa shape index (κ2) is 8.44. The van der Waals surface area contributed by atoms with Gasteiger partial charge in [-0.3, -0.25) is 4.79 Å². The monoisotopic (exact) mass is 400 g/mol. The number of nitrogens with one attached hydrogen (secondary N) is 2. The predicted octanol–water partition coefficient (Wildman–Crippen LogP) is 3.98. The highest BCUT2D eigenvalue weighted by molar-refractivity contribution is 6.04. The number of hydrogen-bond donors (Lipinski definition) is 2. The molecule has 0 spiro atoms. The summed E-state index contributed by atoms with van der Waals surface area (Å²) < 4.78 is 6.78. The standard InChI is InChI=1S/C22H20N6O2/c1-15-13-14-28(27-15)21-12-11-20(25-26-21)23-17-5-7-18(8-6-17)24-22(29)16-3-9-19(30-2)10-4-16/h3-14H,1-2H3,(H,23,25)(H,24,29). The second-order valence-electron chi connectivity index (χ2n) is 6.56. The van der Waals surface area contributed by atoms with E-state index in [2.05, 4.69) is 25.9 Å². The number of carbonyl (C=O) groups excluding carboxylic acids is 1. The zero-order valence-electron chi connectivity index (χ0n) is 16.5. The molecule has 0 radical (unpaired) electrons. The average Bonchev–Trinajstić information content (AvgIpc) is 3.22. The van der Waals surface area contributed by atoms with Gasteiger partial charge >= 0.3 is 0 Å². The van der Waals surface area contributed by atoms with E-state index < -0.39 is 0 Å². The van der Waals surface area contributed by atoms with Gasteiger partial charge in [0.25, 0.3) is 5.91 Å². The smallest absolute Gasteiger partial charge is 0.255 e. The van der Waals surface area contributed by atoms with Gasteiger partial charge < -0.3 is 15.4 Å². The van der Waals surface area contributed by atoms with Crippen LogP contribution in [-0.4, -0.2) is 33.0 Å². The number of amides is 1. The van der Waals surface area contributed by atoms with Crippen LogP contribution < -0.4 is 15.4 Å². The molecule has 8 heteroatoms. The Balaban J connectivity index is 1.37. The third kappa shape index (κ3) is 4.44. The molecule has 0 saturated carbocycles. The zero-order valence-corrected chi connectivity index (χ0v) is 16.5. The third-order valence-electron chi connectivity index (χ3n) is 4.37. The summed E-state index contributed by atoms with van der Waals surface area (Å²) in [4.78, 5) is 12.3. The highest BCUT2D eigenvalue weighted by Crippen LogP contribution is 2.19. The molecule has 0 unspecified atom stereocenters. The van der Waals surface area contributed by atoms with Crippen molar-refractivity contribution in [1.82, 2.24) is 20.0 Å². The third-order valence-corrected chi connectivity index (χ3v) is 4.37. The van der Waals surface area contributed by atoms with E-state index >= 15 is 0 Å². The first kappa shape index (κ1) is 19.1. The van der Waals surface area contributed by atoms with Crippen molar-refractivity contribution in [2.24, 2.45) is 0 Å². The van der Waals surface area contributed by atoms with Gasteiger partial charge in [-0.1, -0.05) is 0 Å². The number of hydrogen-bond acceptors (Lipinski definition) is 6. The van der Waals surface area contributed by atoms with Crippen molar-refractivity contribution >= 4 is 23.1 Å². The molecule has 0 atom stereocenters. The van der Waals surface area contributed by atoms with Gasteiger partial charge in [0.1, 0.15) is 5.75 Å². The van der Waals surface area contributed by atoms with Crippen LogP contribution >= 0.6 is 0 Å². The summed E-state index contributed by atoms with van der Waals surface area (Å²) in [6, 6.07) is 19.9. The minimum Gasteiger partial charge on any atom is -0.497 e. The molecule has 0 aliphatic rings. The number of ether oxygens (including phenoxy) is 1. The topological polar surface area (TPSA) is 94.0 Å². The normalized spacial score (nSPS) is 10.5. The van der Waals surface area contributed by atoms with Crippen molar-refractivity contribution in [3.63, 3.8) is 0 Å². The summed E-state index contributed by atoms with van der Waals surface area (Å²) in [5, 5.41) is 18.7. The Labute approximate surface area is 173 Å². The van der Waals surface area contributed by atoms with E-state index in [-0.39, 0.29) is 5.91 Å². The summed E-state index contributed by atoms with van der Waals surface area (Å²) in [5.41, 5.74) is 2.99. The van der Waals surface area contributed by atoms with E-state index in [0.717, 1.165) is 11.4 Å². The van der Waals surface area contributed by atoms with Gasteiger partial charge in [0.2, 0.25) is 0 Å². The van der Waals surface area contributed by atoms with Crippen molar-refractivity contribution in [2.45, 2.75) is 6.92 Å². The van der Waals surface area contributed by atoms with Crippen LogP contribution in [0.1, 0.15) is 16.1 Å². The van der Waals surface area contributed by atoms with Gasteiger partial charge in [-0.05, 0) is 73.7 Å². The quantitative estimate of drug-likeness (QED) is 0.509. The summed E-state index contributed by atoms with van der Waals surface area (Å²) in [7, 11) is 1.59. The predicted molar refractivity (Wildman–Crippen MR) is 115 cm³/mol. The molecular weight excluding hydrogens is 380 g/mol. The highest BCUT2D eigenvalue weighted by Gasteiger charge is 2.07. The number of carbonyl (C=O) groups is 1. The van der Waals surface area contributed by atoms with Crippen molar-refractivity contribution in [1.29, 1.82) is 0 Å². The van der Waals surface area contributed by atoms with Gasteiger partial charge in [-0.25, -0.2) is 4.68 Å². The van der Waals surface area contributed by atoms with Crippen LogP contribution in [-0.2, 0) is 0 Å². The van der Waals surface area contributed by atoms with E-state index in [1.807, 2.05) is 55.6 Å². The maximum atomic E-state index is 12.3. The van der Waals surface area contributed by atoms with E-state index in [1.54, 1.807) is 36.1 Å². The minimum absolute atomic E-state index is 0.186. The SMILES string of the molecule is COc1ccc(C(=O)Nc2ccc(Nc3ccc(-n4ccc(C)n4)nn3)cc2)cc1. The van der Waals surface area contributed by atoms with Crippen LogP contribution in [0.2, 0.25) is 0 Å². The van der Waals surface area contributed by atoms with E-state index in [9.17, 15) is 4.79 Å². The molecule has 0 aliphatic heterocycles. The molecule has 0 saturated heterocycles. The van der Waals surface area contributed by atoms with Gasteiger partial charge in [0.05, 0.1) is 12.8 Å². The molecular formula is C22H20N6O2. The molecule has 0 aliphatic carbocycles. The van der Waals surface area contributed by atoms with Gasteiger partial charge in [-0.15, -0.1) is 10.2 Å². The molecule has 150 valence electrons. The Morgan fingerprint density at radius 3 is 2.23 bits per heavy atom. The van der Waals surface area contributed by atoms with Crippen LogP contribution in [0, 0.1) is 6.92 Å². The Bertz CT molecular complexity index is 1140. The lowest BCUT2D eigenvalue weighted by atomic mass is 10.2. The summed E-state index contributed by atoms with van der Waals surface area (Å²) in [6.45, 7) is 1.92. The molecule has 2 N–H and O–H groups in total. The maximum Gasteiger partial charge on any atom is 0.255 e. The molecule has 2 aromatic carbocycles. The van der Waals surface area contributed by atoms with Crippen molar-refractivity contribution < 1.29 is 9.53 Å². The molecule has 1 amide bonds. The molecule has 0 fully saturated rings. The zero-order chi connectivity index (χ0) is 20.9. The molecule has 30 heavy (non-hydrogen) atoms. The number of methoxy groups -OCH3 is 1. The number of benzene rings is 2. The highest BCUT2D eigenvalue weighted by atomic mass is 16.5. The van der Waals surface area contributed by atoms with Crippen molar-refractivity contribution in [2.75, 3.05) is 17.7 Å². The first-order valence-electron chi connectivity index (χ1n) is 9.29. The maximum absolute atomic E-state index is 12.3. The van der Waals surface area contributed by atoms with Crippen LogP contribution in [0.25, 0.3) is 5.82 Å². The van der Waals surface area contributed by atoms with Crippen LogP contribution in [0.3, 0.4) is 0 Å². The van der Waals surface area contributed by atoms with E-state index in [0.29, 0.717) is 28.6 Å². The number of aryl methyl sites for hydroxylation is 1. The lowest BCUT2D eigenvalue weighted by Crippen LogP contribution is -2.11. The first-order chi connectivity index (χ1) is 14.6. The van der Waals surface area contributed by atoms with Gasteiger partial charge in [0, 0.05) is 23.1 Å². The summed E-state index contributed by atoms with van der Waals surface area (Å²) >= 11 is 0. The number of nitrogens with zero attached hydrogens (tertiary/aromatic N) is 4. The average molecular weight is 400 g/mol. The lowest BCUT2D eigenvalue weighted by molar-refractivity contribution is 0.102. The number of rotatable bonds is 6. The molecule has 8 nitrogen and oxygen atoms in total. The molecule has 2 aromatic heterocycles. The fourth-order valence-electron chi connectivity index (χ4n) is 2.79. The lowest BCUT2D eigenvalue weighted by Gasteiger charge is -2.09. The Morgan fingerprint density at radius 2 is 1.63 bits per heavy atom. The first-order valence-corrected chi connectivity index (χ1v) is 9.29. The Morgan fingerprint density at radius 1 is 0.900 bits per heavy atom.